The molecule has 2 aliphatic rings. The van der Waals surface area contributed by atoms with Crippen molar-refractivity contribution in [2.75, 3.05) is 11.4 Å². The van der Waals surface area contributed by atoms with Crippen molar-refractivity contribution in [2.24, 2.45) is 4.99 Å². The fraction of sp³-hybridized carbons (Fsp3) is 0.250. The largest absolute Gasteiger partial charge is 0.374 e. The minimum absolute atomic E-state index is 0.276. The molecule has 1 atom stereocenters. The Morgan fingerprint density at radius 3 is 2.88 bits per heavy atom. The van der Waals surface area contributed by atoms with Crippen LogP contribution in [0, 0.1) is 13.8 Å². The highest BCUT2D eigenvalue weighted by molar-refractivity contribution is 6.28. The lowest BCUT2D eigenvalue weighted by Gasteiger charge is -2.29. The molecule has 130 valence electrons. The van der Waals surface area contributed by atoms with Gasteiger partial charge in [0, 0.05) is 29.6 Å². The second kappa shape index (κ2) is 5.02. The number of hydrogen-bond acceptors (Lipinski definition) is 6. The van der Waals surface area contributed by atoms with Crippen molar-refractivity contribution < 1.29 is 14.4 Å². The summed E-state index contributed by atoms with van der Waals surface area (Å²) in [6.45, 7) is 4.30. The smallest absolute Gasteiger partial charge is 0.204 e. The molecule has 1 N–H and O–H groups in total. The number of nitrogens with zero attached hydrogens (tertiary/aromatic N) is 3. The Bertz CT molecular complexity index is 1110. The van der Waals surface area contributed by atoms with Crippen molar-refractivity contribution in [3.63, 3.8) is 0 Å². The van der Waals surface area contributed by atoms with Crippen LogP contribution in [0.4, 0.5) is 11.4 Å². The Morgan fingerprint density at radius 2 is 2.04 bits per heavy atom. The van der Waals surface area contributed by atoms with E-state index in [1.165, 1.54) is 0 Å². The molecule has 5 rings (SSSR count). The van der Waals surface area contributed by atoms with Crippen molar-refractivity contribution in [3.8, 4) is 0 Å². The molecule has 0 unspecified atom stereocenters. The predicted molar refractivity (Wildman–Crippen MR) is 98.3 cm³/mol. The lowest BCUT2D eigenvalue weighted by Crippen LogP contribution is -2.48. The first-order valence-corrected chi connectivity index (χ1v) is 8.58. The number of aliphatic hydroxyl groups is 1. The maximum atomic E-state index is 13.0. The molecule has 6 nitrogen and oxygen atoms in total. The molecule has 1 fully saturated rings. The van der Waals surface area contributed by atoms with Crippen molar-refractivity contribution in [2.45, 2.75) is 25.9 Å². The molecule has 0 amide bonds. The molecule has 1 saturated heterocycles. The Labute approximate surface area is 149 Å². The van der Waals surface area contributed by atoms with Crippen LogP contribution in [0.25, 0.3) is 10.9 Å². The van der Waals surface area contributed by atoms with E-state index in [0.717, 1.165) is 27.9 Å². The number of Topliss-reactive ketones (excluding diaryl/α,β-unsaturated/α-hetero) is 1. The molecule has 26 heavy (non-hydrogen) atoms. The van der Waals surface area contributed by atoms with E-state index in [9.17, 15) is 9.90 Å². The number of anilines is 1. The third-order valence-corrected chi connectivity index (χ3v) is 5.27. The first kappa shape index (κ1) is 15.3. The van der Waals surface area contributed by atoms with E-state index in [-0.39, 0.29) is 5.78 Å². The average Bonchev–Trinajstić information content (AvgIpc) is 3.17. The van der Waals surface area contributed by atoms with Gasteiger partial charge in [-0.25, -0.2) is 4.99 Å². The molecular weight excluding hydrogens is 330 g/mol. The molecular formula is C20H17N3O3. The molecule has 6 heteroatoms. The fourth-order valence-corrected chi connectivity index (χ4v) is 3.83. The number of amidine groups is 1. The van der Waals surface area contributed by atoms with Gasteiger partial charge < -0.3 is 14.5 Å². The summed E-state index contributed by atoms with van der Waals surface area (Å²) < 4.78 is 5.23. The van der Waals surface area contributed by atoms with Crippen LogP contribution in [0.3, 0.4) is 0 Å². The SMILES string of the molecule is Cc1ccc2c(c1)C(=O)[C@]1(O)CCN(c3ccc4c(C)onc4c3)C1=N2. The van der Waals surface area contributed by atoms with Gasteiger partial charge in [-0.05, 0) is 44.2 Å². The molecule has 0 bridgehead atoms. The molecule has 2 aliphatic heterocycles. The highest BCUT2D eigenvalue weighted by Gasteiger charge is 2.52. The van der Waals surface area contributed by atoms with Gasteiger partial charge >= 0.3 is 0 Å². The third-order valence-electron chi connectivity index (χ3n) is 5.27. The standard InChI is InChI=1S/C20H17N3O3/c1-11-3-6-16-15(9-11)18(24)20(25)7-8-23(19(20)21-16)13-4-5-14-12(2)26-22-17(14)10-13/h3-6,9-10,25H,7-8H2,1-2H3/t20-/m1/s1. The molecule has 3 heterocycles. The van der Waals surface area contributed by atoms with Gasteiger partial charge in [0.25, 0.3) is 0 Å². The summed E-state index contributed by atoms with van der Waals surface area (Å²) in [5.74, 6) is 0.874. The van der Waals surface area contributed by atoms with Gasteiger partial charge in [-0.1, -0.05) is 16.8 Å². The summed E-state index contributed by atoms with van der Waals surface area (Å²) in [5, 5.41) is 16.1. The van der Waals surface area contributed by atoms with Crippen molar-refractivity contribution in [1.29, 1.82) is 0 Å². The number of rotatable bonds is 1. The molecule has 3 aromatic rings. The number of carbonyl (C=O) groups is 1. The Morgan fingerprint density at radius 1 is 1.19 bits per heavy atom. The van der Waals surface area contributed by atoms with E-state index >= 15 is 0 Å². The Kier molecular flexibility index (Phi) is 2.95. The predicted octanol–water partition coefficient (Wildman–Crippen LogP) is 3.31. The Hall–Kier alpha value is -2.99. The second-order valence-corrected chi connectivity index (χ2v) is 6.99. The number of benzene rings is 2. The van der Waals surface area contributed by atoms with E-state index in [0.29, 0.717) is 30.1 Å². The van der Waals surface area contributed by atoms with Gasteiger partial charge in [0.15, 0.2) is 5.60 Å². The van der Waals surface area contributed by atoms with Gasteiger partial charge in [0.05, 0.1) is 5.69 Å². The van der Waals surface area contributed by atoms with Crippen LogP contribution in [-0.2, 0) is 0 Å². The van der Waals surface area contributed by atoms with E-state index in [2.05, 4.69) is 10.1 Å². The van der Waals surface area contributed by atoms with E-state index in [1.54, 1.807) is 6.07 Å². The average molecular weight is 347 g/mol. The first-order chi connectivity index (χ1) is 12.5. The van der Waals surface area contributed by atoms with Gasteiger partial charge in [0.1, 0.15) is 17.1 Å². The van der Waals surface area contributed by atoms with Crippen LogP contribution in [0.2, 0.25) is 0 Å². The van der Waals surface area contributed by atoms with Crippen molar-refractivity contribution >= 4 is 33.9 Å². The van der Waals surface area contributed by atoms with Gasteiger partial charge in [0.2, 0.25) is 5.78 Å². The molecule has 0 spiro atoms. The summed E-state index contributed by atoms with van der Waals surface area (Å²) in [6, 6.07) is 11.3. The topological polar surface area (TPSA) is 78.9 Å². The quantitative estimate of drug-likeness (QED) is 0.730. The second-order valence-electron chi connectivity index (χ2n) is 6.99. The van der Waals surface area contributed by atoms with E-state index < -0.39 is 5.60 Å². The number of ketones is 1. The molecule has 0 aliphatic carbocycles. The highest BCUT2D eigenvalue weighted by Crippen LogP contribution is 2.40. The lowest BCUT2D eigenvalue weighted by atomic mass is 9.87. The summed E-state index contributed by atoms with van der Waals surface area (Å²) in [7, 11) is 0. The zero-order chi connectivity index (χ0) is 18.1. The van der Waals surface area contributed by atoms with Crippen LogP contribution in [-0.4, -0.2) is 34.0 Å². The zero-order valence-corrected chi connectivity index (χ0v) is 14.5. The van der Waals surface area contributed by atoms with E-state index in [1.807, 2.05) is 49.1 Å². The molecule has 0 saturated carbocycles. The highest BCUT2D eigenvalue weighted by atomic mass is 16.5. The summed E-state index contributed by atoms with van der Waals surface area (Å²) in [5.41, 5.74) is 2.07. The number of aliphatic imine (C=N–C) groups is 1. The molecule has 1 aromatic heterocycles. The van der Waals surface area contributed by atoms with Crippen LogP contribution in [0.15, 0.2) is 45.9 Å². The van der Waals surface area contributed by atoms with Crippen LogP contribution in [0.5, 0.6) is 0 Å². The maximum Gasteiger partial charge on any atom is 0.204 e. The van der Waals surface area contributed by atoms with Crippen molar-refractivity contribution in [3.05, 3.63) is 53.3 Å². The first-order valence-electron chi connectivity index (χ1n) is 8.58. The van der Waals surface area contributed by atoms with Gasteiger partial charge in [-0.15, -0.1) is 0 Å². The number of carbonyl (C=O) groups excluding carboxylic acids is 1. The normalized spacial score (nSPS) is 21.7. The van der Waals surface area contributed by atoms with E-state index in [4.69, 9.17) is 4.52 Å². The van der Waals surface area contributed by atoms with Crippen LogP contribution >= 0.6 is 0 Å². The summed E-state index contributed by atoms with van der Waals surface area (Å²) in [4.78, 5) is 19.5. The summed E-state index contributed by atoms with van der Waals surface area (Å²) >= 11 is 0. The van der Waals surface area contributed by atoms with Gasteiger partial charge in [-0.2, -0.15) is 0 Å². The van der Waals surface area contributed by atoms with Crippen molar-refractivity contribution in [1.82, 2.24) is 5.16 Å². The van der Waals surface area contributed by atoms with Crippen LogP contribution < -0.4 is 4.90 Å². The third kappa shape index (κ3) is 1.93. The fourth-order valence-electron chi connectivity index (χ4n) is 3.83. The monoisotopic (exact) mass is 347 g/mol. The number of fused-ring (bicyclic) bond motifs is 3. The molecule has 2 aromatic carbocycles. The Balaban J connectivity index is 1.65. The maximum absolute atomic E-state index is 13.0. The lowest BCUT2D eigenvalue weighted by molar-refractivity contribution is 0.0602. The minimum Gasteiger partial charge on any atom is -0.374 e. The van der Waals surface area contributed by atoms with Gasteiger partial charge in [-0.3, -0.25) is 4.79 Å². The minimum atomic E-state index is -1.57. The molecule has 0 radical (unpaired) electrons. The van der Waals surface area contributed by atoms with Crippen LogP contribution in [0.1, 0.15) is 28.1 Å². The number of hydrogen-bond donors (Lipinski definition) is 1. The number of aromatic nitrogens is 1. The summed E-state index contributed by atoms with van der Waals surface area (Å²) in [6.07, 6.45) is 0.313. The number of aryl methyl sites for hydroxylation is 2. The zero-order valence-electron chi connectivity index (χ0n) is 14.5.